The zero-order chi connectivity index (χ0) is 8.81. The molecule has 0 radical (unpaired) electrons. The molecule has 0 aliphatic heterocycles. The SMILES string of the molecule is CCN(C)CCC1CCCCC1. The highest BCUT2D eigenvalue weighted by Crippen LogP contribution is 2.26. The Balaban J connectivity index is 2.05. The minimum absolute atomic E-state index is 1.05. The van der Waals surface area contributed by atoms with Gasteiger partial charge in [-0.15, -0.1) is 0 Å². The summed E-state index contributed by atoms with van der Waals surface area (Å²) in [7, 11) is 2.23. The van der Waals surface area contributed by atoms with Gasteiger partial charge in [0.25, 0.3) is 0 Å². The van der Waals surface area contributed by atoms with Crippen molar-refractivity contribution in [2.45, 2.75) is 45.4 Å². The molecule has 1 nitrogen and oxygen atoms in total. The summed E-state index contributed by atoms with van der Waals surface area (Å²) in [5.74, 6) is 1.05. The van der Waals surface area contributed by atoms with Gasteiger partial charge in [0.1, 0.15) is 0 Å². The van der Waals surface area contributed by atoms with E-state index in [1.54, 1.807) is 0 Å². The molecule has 0 atom stereocenters. The highest BCUT2D eigenvalue weighted by molar-refractivity contribution is 4.66. The van der Waals surface area contributed by atoms with E-state index < -0.39 is 0 Å². The van der Waals surface area contributed by atoms with Crippen molar-refractivity contribution in [2.24, 2.45) is 5.92 Å². The summed E-state index contributed by atoms with van der Waals surface area (Å²) in [4.78, 5) is 2.43. The van der Waals surface area contributed by atoms with E-state index in [-0.39, 0.29) is 0 Å². The fraction of sp³-hybridized carbons (Fsp3) is 1.00. The van der Waals surface area contributed by atoms with Crippen molar-refractivity contribution in [2.75, 3.05) is 20.1 Å². The lowest BCUT2D eigenvalue weighted by Crippen LogP contribution is -2.21. The second kappa shape index (κ2) is 5.58. The van der Waals surface area contributed by atoms with E-state index in [0.29, 0.717) is 0 Å². The summed E-state index contributed by atoms with van der Waals surface area (Å²) in [5.41, 5.74) is 0. The molecule has 0 aromatic carbocycles. The standard InChI is InChI=1S/C11H23N/c1-3-12(2)10-9-11-7-5-4-6-8-11/h11H,3-10H2,1-2H3. The smallest absolute Gasteiger partial charge is 0.00193 e. The van der Waals surface area contributed by atoms with E-state index in [1.165, 1.54) is 51.6 Å². The molecule has 1 aliphatic rings. The Hall–Kier alpha value is -0.0400. The summed E-state index contributed by atoms with van der Waals surface area (Å²) in [6.07, 6.45) is 8.89. The highest BCUT2D eigenvalue weighted by atomic mass is 15.1. The highest BCUT2D eigenvalue weighted by Gasteiger charge is 2.13. The largest absolute Gasteiger partial charge is 0.307 e. The lowest BCUT2D eigenvalue weighted by molar-refractivity contribution is 0.272. The monoisotopic (exact) mass is 169 g/mol. The first-order valence-corrected chi connectivity index (χ1v) is 5.51. The number of hydrogen-bond acceptors (Lipinski definition) is 1. The van der Waals surface area contributed by atoms with Gasteiger partial charge in [0.05, 0.1) is 0 Å². The molecule has 0 unspecified atom stereocenters. The van der Waals surface area contributed by atoms with Crippen LogP contribution in [-0.4, -0.2) is 25.0 Å². The summed E-state index contributed by atoms with van der Waals surface area (Å²) in [6, 6.07) is 0. The fourth-order valence-electron chi connectivity index (χ4n) is 2.04. The molecule has 1 saturated carbocycles. The molecule has 0 N–H and O–H groups in total. The molecule has 0 aromatic rings. The van der Waals surface area contributed by atoms with Gasteiger partial charge >= 0.3 is 0 Å². The molecular weight excluding hydrogens is 146 g/mol. The lowest BCUT2D eigenvalue weighted by Gasteiger charge is -2.23. The van der Waals surface area contributed by atoms with Crippen molar-refractivity contribution in [1.29, 1.82) is 0 Å². The van der Waals surface area contributed by atoms with Crippen molar-refractivity contribution in [3.05, 3.63) is 0 Å². The Labute approximate surface area is 77.1 Å². The zero-order valence-electron chi connectivity index (χ0n) is 8.68. The van der Waals surface area contributed by atoms with E-state index in [4.69, 9.17) is 0 Å². The van der Waals surface area contributed by atoms with E-state index in [0.717, 1.165) is 5.92 Å². The molecule has 1 heteroatoms. The average molecular weight is 169 g/mol. The van der Waals surface area contributed by atoms with Crippen LogP contribution in [0.1, 0.15) is 45.4 Å². The molecule has 0 spiro atoms. The Bertz CT molecular complexity index is 106. The van der Waals surface area contributed by atoms with Crippen LogP contribution in [0.25, 0.3) is 0 Å². The summed E-state index contributed by atoms with van der Waals surface area (Å²) in [6.45, 7) is 4.74. The molecular formula is C11H23N. The van der Waals surface area contributed by atoms with Gasteiger partial charge in [0.15, 0.2) is 0 Å². The lowest BCUT2D eigenvalue weighted by atomic mass is 9.87. The third kappa shape index (κ3) is 3.57. The van der Waals surface area contributed by atoms with E-state index in [9.17, 15) is 0 Å². The molecule has 0 amide bonds. The fourth-order valence-corrected chi connectivity index (χ4v) is 2.04. The van der Waals surface area contributed by atoms with Crippen LogP contribution in [-0.2, 0) is 0 Å². The van der Waals surface area contributed by atoms with Gasteiger partial charge in [-0.3, -0.25) is 0 Å². The first-order valence-electron chi connectivity index (χ1n) is 5.51. The molecule has 1 aliphatic carbocycles. The second-order valence-corrected chi connectivity index (χ2v) is 4.19. The molecule has 0 bridgehead atoms. The molecule has 12 heavy (non-hydrogen) atoms. The number of nitrogens with zero attached hydrogens (tertiary/aromatic N) is 1. The van der Waals surface area contributed by atoms with Crippen molar-refractivity contribution in [3.8, 4) is 0 Å². The molecule has 72 valence electrons. The molecule has 1 rings (SSSR count). The van der Waals surface area contributed by atoms with Crippen LogP contribution in [0.3, 0.4) is 0 Å². The maximum atomic E-state index is 2.43. The van der Waals surface area contributed by atoms with Gasteiger partial charge in [-0.2, -0.15) is 0 Å². The van der Waals surface area contributed by atoms with Crippen LogP contribution in [0.4, 0.5) is 0 Å². The van der Waals surface area contributed by atoms with Crippen molar-refractivity contribution >= 4 is 0 Å². The first-order chi connectivity index (χ1) is 5.83. The van der Waals surface area contributed by atoms with Crippen LogP contribution in [0.15, 0.2) is 0 Å². The molecule has 0 heterocycles. The Morgan fingerprint density at radius 2 is 1.83 bits per heavy atom. The Kier molecular flexibility index (Phi) is 4.67. The normalized spacial score (nSPS) is 20.2. The van der Waals surface area contributed by atoms with Gasteiger partial charge in [-0.1, -0.05) is 39.0 Å². The predicted molar refractivity (Wildman–Crippen MR) is 54.4 cm³/mol. The third-order valence-corrected chi connectivity index (χ3v) is 3.18. The van der Waals surface area contributed by atoms with Crippen LogP contribution < -0.4 is 0 Å². The number of hydrogen-bond donors (Lipinski definition) is 0. The quantitative estimate of drug-likeness (QED) is 0.625. The minimum atomic E-state index is 1.05. The molecule has 0 saturated heterocycles. The van der Waals surface area contributed by atoms with Gasteiger partial charge in [-0.25, -0.2) is 0 Å². The van der Waals surface area contributed by atoms with Crippen LogP contribution in [0.5, 0.6) is 0 Å². The van der Waals surface area contributed by atoms with Crippen LogP contribution in [0.2, 0.25) is 0 Å². The minimum Gasteiger partial charge on any atom is -0.307 e. The summed E-state index contributed by atoms with van der Waals surface area (Å²) < 4.78 is 0. The average Bonchev–Trinajstić information content (AvgIpc) is 2.16. The predicted octanol–water partition coefficient (Wildman–Crippen LogP) is 2.91. The number of rotatable bonds is 4. The third-order valence-electron chi connectivity index (χ3n) is 3.18. The Morgan fingerprint density at radius 3 is 2.42 bits per heavy atom. The van der Waals surface area contributed by atoms with Crippen LogP contribution >= 0.6 is 0 Å². The Morgan fingerprint density at radius 1 is 1.17 bits per heavy atom. The summed E-state index contributed by atoms with van der Waals surface area (Å²) >= 11 is 0. The maximum Gasteiger partial charge on any atom is -0.00193 e. The topological polar surface area (TPSA) is 3.24 Å². The second-order valence-electron chi connectivity index (χ2n) is 4.19. The first kappa shape index (κ1) is 10.0. The van der Waals surface area contributed by atoms with Gasteiger partial charge in [-0.05, 0) is 32.5 Å². The van der Waals surface area contributed by atoms with E-state index in [2.05, 4.69) is 18.9 Å². The van der Waals surface area contributed by atoms with Crippen molar-refractivity contribution in [1.82, 2.24) is 4.90 Å². The molecule has 1 fully saturated rings. The molecule has 0 aromatic heterocycles. The van der Waals surface area contributed by atoms with Crippen molar-refractivity contribution in [3.63, 3.8) is 0 Å². The summed E-state index contributed by atoms with van der Waals surface area (Å²) in [5, 5.41) is 0. The van der Waals surface area contributed by atoms with E-state index >= 15 is 0 Å². The van der Waals surface area contributed by atoms with Gasteiger partial charge in [0, 0.05) is 0 Å². The van der Waals surface area contributed by atoms with Gasteiger partial charge in [0.2, 0.25) is 0 Å². The van der Waals surface area contributed by atoms with Crippen molar-refractivity contribution < 1.29 is 0 Å². The van der Waals surface area contributed by atoms with E-state index in [1.807, 2.05) is 0 Å². The zero-order valence-corrected chi connectivity index (χ0v) is 8.68. The van der Waals surface area contributed by atoms with Gasteiger partial charge < -0.3 is 4.90 Å². The maximum absolute atomic E-state index is 2.43. The van der Waals surface area contributed by atoms with Crippen LogP contribution in [0, 0.1) is 5.92 Å².